The molecule has 2 aromatic carbocycles. The van der Waals surface area contributed by atoms with Crippen LogP contribution in [0.15, 0.2) is 48.5 Å². The van der Waals surface area contributed by atoms with Crippen molar-refractivity contribution in [3.8, 4) is 0 Å². The highest BCUT2D eigenvalue weighted by Gasteiger charge is 2.18. The summed E-state index contributed by atoms with van der Waals surface area (Å²) in [6.45, 7) is 6.43. The number of carbonyl (C=O) groups is 1. The predicted octanol–water partition coefficient (Wildman–Crippen LogP) is 2.78. The van der Waals surface area contributed by atoms with E-state index < -0.39 is 0 Å². The van der Waals surface area contributed by atoms with Gasteiger partial charge in [-0.15, -0.1) is 0 Å². The Balaban J connectivity index is 1.57. The molecule has 5 nitrogen and oxygen atoms in total. The molecule has 1 aliphatic rings. The molecule has 1 aromatic heterocycles. The van der Waals surface area contributed by atoms with Crippen molar-refractivity contribution in [2.75, 3.05) is 43.4 Å². The summed E-state index contributed by atoms with van der Waals surface area (Å²) in [6.07, 6.45) is 0. The Labute approximate surface area is 169 Å². The van der Waals surface area contributed by atoms with Crippen LogP contribution in [0.2, 0.25) is 5.15 Å². The summed E-state index contributed by atoms with van der Waals surface area (Å²) in [4.78, 5) is 21.2. The number of likely N-dealkylation sites (N-methyl/N-ethyl adjacent to an activating group) is 1. The van der Waals surface area contributed by atoms with E-state index >= 15 is 0 Å². The van der Waals surface area contributed by atoms with Crippen molar-refractivity contribution in [3.63, 3.8) is 0 Å². The number of aromatic nitrogens is 1. The topological polar surface area (TPSA) is 49.7 Å². The minimum Gasteiger partial charge on any atom is -0.360 e. The van der Waals surface area contributed by atoms with Crippen molar-refractivity contribution >= 4 is 39.8 Å². The average Bonchev–Trinajstić information content (AvgIpc) is 2.69. The van der Waals surface area contributed by atoms with Crippen LogP contribution in [-0.2, 0) is 0 Å². The lowest BCUT2D eigenvalue weighted by Crippen LogP contribution is -3.12. The summed E-state index contributed by atoms with van der Waals surface area (Å²) < 4.78 is 0. The minimum absolute atomic E-state index is 0.181. The van der Waals surface area contributed by atoms with E-state index in [-0.39, 0.29) is 5.91 Å². The molecule has 0 radical (unpaired) electrons. The summed E-state index contributed by atoms with van der Waals surface area (Å²) in [5.74, 6) is -0.181. The summed E-state index contributed by atoms with van der Waals surface area (Å²) in [6, 6.07) is 15.4. The van der Waals surface area contributed by atoms with Gasteiger partial charge in [-0.2, -0.15) is 0 Å². The fourth-order valence-corrected chi connectivity index (χ4v) is 3.85. The first-order chi connectivity index (χ1) is 13.5. The Morgan fingerprint density at radius 2 is 1.89 bits per heavy atom. The number of rotatable bonds is 3. The number of amides is 1. The molecule has 0 unspecified atom stereocenters. The Hall–Kier alpha value is -2.63. The van der Waals surface area contributed by atoms with E-state index in [0.29, 0.717) is 16.2 Å². The number of hydrogen-bond donors (Lipinski definition) is 2. The summed E-state index contributed by atoms with van der Waals surface area (Å²) in [5, 5.41) is 4.14. The highest BCUT2D eigenvalue weighted by atomic mass is 35.5. The third kappa shape index (κ3) is 3.81. The summed E-state index contributed by atoms with van der Waals surface area (Å²) in [5.41, 5.74) is 4.30. The van der Waals surface area contributed by atoms with E-state index in [4.69, 9.17) is 11.6 Å². The average molecular weight is 396 g/mol. The zero-order valence-electron chi connectivity index (χ0n) is 16.1. The summed E-state index contributed by atoms with van der Waals surface area (Å²) >= 11 is 6.12. The number of anilines is 2. The van der Waals surface area contributed by atoms with Crippen LogP contribution in [0, 0.1) is 6.92 Å². The van der Waals surface area contributed by atoms with Crippen LogP contribution in [0.3, 0.4) is 0 Å². The van der Waals surface area contributed by atoms with Gasteiger partial charge in [0.2, 0.25) is 0 Å². The summed E-state index contributed by atoms with van der Waals surface area (Å²) in [7, 11) is 2.23. The molecule has 0 aliphatic carbocycles. The van der Waals surface area contributed by atoms with Crippen LogP contribution < -0.4 is 15.1 Å². The fraction of sp³-hybridized carbons (Fsp3) is 0.273. The number of hydrogen-bond acceptors (Lipinski definition) is 3. The molecular weight excluding hydrogens is 372 g/mol. The van der Waals surface area contributed by atoms with Gasteiger partial charge in [0, 0.05) is 16.8 Å². The molecule has 2 N–H and O–H groups in total. The quantitative estimate of drug-likeness (QED) is 0.670. The molecule has 0 atom stereocenters. The standard InChI is InChI=1S/C22H23ClN4O/c1-15-13-16(27-11-9-26(2)10-12-27)7-8-19(15)25-22(28)18-14-21(23)24-20-6-4-3-5-17(18)20/h3-8,13-14H,9-12H2,1-2H3,(H,25,28)/p+1. The Bertz CT molecular complexity index is 1030. The Kier molecular flexibility index (Phi) is 5.20. The number of nitrogens with one attached hydrogen (secondary N) is 2. The van der Waals surface area contributed by atoms with Crippen molar-refractivity contribution in [3.05, 3.63) is 64.8 Å². The van der Waals surface area contributed by atoms with Crippen LogP contribution in [-0.4, -0.2) is 44.1 Å². The first-order valence-corrected chi connectivity index (χ1v) is 9.92. The highest BCUT2D eigenvalue weighted by molar-refractivity contribution is 6.30. The van der Waals surface area contributed by atoms with E-state index in [2.05, 4.69) is 34.4 Å². The number of para-hydroxylation sites is 1. The monoisotopic (exact) mass is 395 g/mol. The number of benzene rings is 2. The van der Waals surface area contributed by atoms with Crippen molar-refractivity contribution < 1.29 is 9.69 Å². The van der Waals surface area contributed by atoms with Crippen molar-refractivity contribution in [1.29, 1.82) is 0 Å². The third-order valence-corrected chi connectivity index (χ3v) is 5.56. The smallest absolute Gasteiger partial charge is 0.256 e. The molecule has 0 saturated carbocycles. The zero-order chi connectivity index (χ0) is 19.7. The number of halogens is 1. The fourth-order valence-electron chi connectivity index (χ4n) is 3.65. The second kappa shape index (κ2) is 7.78. The molecule has 4 rings (SSSR count). The van der Waals surface area contributed by atoms with Gasteiger partial charge in [0.05, 0.1) is 44.3 Å². The normalized spacial score (nSPS) is 15.0. The van der Waals surface area contributed by atoms with E-state index in [1.54, 1.807) is 11.0 Å². The van der Waals surface area contributed by atoms with Crippen molar-refractivity contribution in [1.82, 2.24) is 4.98 Å². The number of fused-ring (bicyclic) bond motifs is 1. The van der Waals surface area contributed by atoms with Crippen molar-refractivity contribution in [2.24, 2.45) is 0 Å². The van der Waals surface area contributed by atoms with Crippen LogP contribution >= 0.6 is 11.6 Å². The number of nitrogens with zero attached hydrogens (tertiary/aromatic N) is 2. The second-order valence-corrected chi connectivity index (χ2v) is 7.79. The maximum atomic E-state index is 12.9. The Morgan fingerprint density at radius 3 is 2.64 bits per heavy atom. The van der Waals surface area contributed by atoms with Gasteiger partial charge in [0.25, 0.3) is 5.91 Å². The maximum absolute atomic E-state index is 12.9. The molecule has 144 valence electrons. The molecular formula is C22H24ClN4O+. The molecule has 1 fully saturated rings. The number of pyridine rings is 1. The molecule has 0 bridgehead atoms. The van der Waals surface area contributed by atoms with Gasteiger partial charge in [-0.3, -0.25) is 4.79 Å². The molecule has 1 saturated heterocycles. The van der Waals surface area contributed by atoms with Crippen LogP contribution in [0.25, 0.3) is 10.9 Å². The largest absolute Gasteiger partial charge is 0.360 e. The SMILES string of the molecule is Cc1cc(N2CC[NH+](C)CC2)ccc1NC(=O)c1cc(Cl)nc2ccccc12. The first kappa shape index (κ1) is 18.7. The maximum Gasteiger partial charge on any atom is 0.256 e. The van der Waals surface area contributed by atoms with Crippen LogP contribution in [0.1, 0.15) is 15.9 Å². The number of carbonyl (C=O) groups excluding carboxylic acids is 1. The number of quaternary nitrogens is 1. The first-order valence-electron chi connectivity index (χ1n) is 9.55. The van der Waals surface area contributed by atoms with Gasteiger partial charge in [-0.25, -0.2) is 4.98 Å². The third-order valence-electron chi connectivity index (χ3n) is 5.37. The number of piperazine rings is 1. The molecule has 1 amide bonds. The molecule has 28 heavy (non-hydrogen) atoms. The lowest BCUT2D eigenvalue weighted by Gasteiger charge is -2.32. The molecule has 3 aromatic rings. The van der Waals surface area contributed by atoms with E-state index in [1.165, 1.54) is 5.69 Å². The molecule has 6 heteroatoms. The molecule has 1 aliphatic heterocycles. The van der Waals surface area contributed by atoms with Crippen molar-refractivity contribution in [2.45, 2.75) is 6.92 Å². The van der Waals surface area contributed by atoms with Gasteiger partial charge in [0.15, 0.2) is 0 Å². The van der Waals surface area contributed by atoms with E-state index in [9.17, 15) is 4.79 Å². The van der Waals surface area contributed by atoms with Gasteiger partial charge in [-0.1, -0.05) is 29.8 Å². The van der Waals surface area contributed by atoms with Crippen LogP contribution in [0.5, 0.6) is 0 Å². The molecule has 0 spiro atoms. The van der Waals surface area contributed by atoms with Gasteiger partial charge < -0.3 is 15.1 Å². The van der Waals surface area contributed by atoms with Crippen LogP contribution in [0.4, 0.5) is 11.4 Å². The highest BCUT2D eigenvalue weighted by Crippen LogP contribution is 2.25. The van der Waals surface area contributed by atoms with Gasteiger partial charge in [-0.05, 0) is 42.8 Å². The van der Waals surface area contributed by atoms with E-state index in [0.717, 1.165) is 42.8 Å². The van der Waals surface area contributed by atoms with Gasteiger partial charge in [0.1, 0.15) is 5.15 Å². The molecule has 2 heterocycles. The second-order valence-electron chi connectivity index (χ2n) is 7.41. The van der Waals surface area contributed by atoms with Gasteiger partial charge >= 0.3 is 0 Å². The predicted molar refractivity (Wildman–Crippen MR) is 115 cm³/mol. The zero-order valence-corrected chi connectivity index (χ0v) is 16.9. The number of aryl methyl sites for hydroxylation is 1. The minimum atomic E-state index is -0.181. The lowest BCUT2D eigenvalue weighted by atomic mass is 10.1. The van der Waals surface area contributed by atoms with E-state index in [1.807, 2.05) is 37.3 Å². The lowest BCUT2D eigenvalue weighted by molar-refractivity contribution is -0.880. The Morgan fingerprint density at radius 1 is 1.14 bits per heavy atom.